The highest BCUT2D eigenvalue weighted by Crippen LogP contribution is 2.40. The summed E-state index contributed by atoms with van der Waals surface area (Å²) < 4.78 is 12.5. The first-order valence-corrected chi connectivity index (χ1v) is 10.8. The number of rotatable bonds is 4. The summed E-state index contributed by atoms with van der Waals surface area (Å²) in [5, 5.41) is 9.61. The minimum Gasteiger partial charge on any atom is -0.496 e. The molecule has 0 spiro atoms. The van der Waals surface area contributed by atoms with Crippen molar-refractivity contribution in [2.45, 2.75) is 33.9 Å². The van der Waals surface area contributed by atoms with Crippen molar-refractivity contribution in [1.29, 1.82) is 0 Å². The maximum absolute atomic E-state index is 13.8. The molecule has 1 aromatic carbocycles. The summed E-state index contributed by atoms with van der Waals surface area (Å²) in [6.45, 7) is 6.32. The van der Waals surface area contributed by atoms with Crippen molar-refractivity contribution in [2.75, 3.05) is 13.7 Å². The Morgan fingerprint density at radius 3 is 2.67 bits per heavy atom. The highest BCUT2D eigenvalue weighted by molar-refractivity contribution is 6.38. The first-order chi connectivity index (χ1) is 15.8. The SMILES string of the molecule is COc1cc(C)[nH]c(=O)c1CN1CCn2ncc3cc(-c4c(C)noc4C)c(Cl)c(c32)C1=O. The molecule has 33 heavy (non-hydrogen) atoms. The van der Waals surface area contributed by atoms with Crippen LogP contribution in [-0.4, -0.2) is 44.4 Å². The number of carbonyl (C=O) groups excluding carboxylic acids is 1. The number of H-pyrrole nitrogens is 1. The van der Waals surface area contributed by atoms with Crippen molar-refractivity contribution >= 4 is 28.4 Å². The van der Waals surface area contributed by atoms with Crippen LogP contribution in [-0.2, 0) is 13.1 Å². The standard InChI is InChI=1S/C23H22ClN5O4/c1-11-7-17(32-4)16(22(30)26-11)10-28-5-6-29-21-14(9-25-29)8-15(20(24)19(21)23(28)31)18-12(2)27-33-13(18)3/h7-9H,5-6,10H2,1-4H3,(H,26,30). The zero-order valence-corrected chi connectivity index (χ0v) is 19.4. The second-order valence-corrected chi connectivity index (χ2v) is 8.55. The molecule has 0 radical (unpaired) electrons. The second kappa shape index (κ2) is 7.77. The van der Waals surface area contributed by atoms with Crippen LogP contribution >= 0.6 is 11.6 Å². The number of aromatic amines is 1. The molecule has 3 aromatic heterocycles. The van der Waals surface area contributed by atoms with Crippen LogP contribution in [0.2, 0.25) is 5.02 Å². The number of hydrogen-bond acceptors (Lipinski definition) is 6. The van der Waals surface area contributed by atoms with Crippen LogP contribution in [0.5, 0.6) is 5.75 Å². The van der Waals surface area contributed by atoms with Crippen molar-refractivity contribution < 1.29 is 14.1 Å². The van der Waals surface area contributed by atoms with Gasteiger partial charge in [-0.3, -0.25) is 14.3 Å². The van der Waals surface area contributed by atoms with E-state index in [9.17, 15) is 9.59 Å². The maximum atomic E-state index is 13.8. The summed E-state index contributed by atoms with van der Waals surface area (Å²) in [6, 6.07) is 3.65. The highest BCUT2D eigenvalue weighted by atomic mass is 35.5. The minimum absolute atomic E-state index is 0.0792. The lowest BCUT2D eigenvalue weighted by molar-refractivity contribution is 0.0743. The Morgan fingerprint density at radius 2 is 1.97 bits per heavy atom. The molecule has 5 rings (SSSR count). The molecular weight excluding hydrogens is 446 g/mol. The Balaban J connectivity index is 1.66. The lowest BCUT2D eigenvalue weighted by atomic mass is 9.98. The van der Waals surface area contributed by atoms with Gasteiger partial charge in [0.05, 0.1) is 53.8 Å². The van der Waals surface area contributed by atoms with E-state index in [2.05, 4.69) is 15.2 Å². The molecular formula is C23H22ClN5O4. The van der Waals surface area contributed by atoms with Gasteiger partial charge in [0.15, 0.2) is 0 Å². The number of carbonyl (C=O) groups is 1. The first kappa shape index (κ1) is 21.3. The normalized spacial score (nSPS) is 13.6. The number of aromatic nitrogens is 4. The Kier molecular flexibility index (Phi) is 5.01. The van der Waals surface area contributed by atoms with Gasteiger partial charge in [0.25, 0.3) is 11.5 Å². The molecule has 1 amide bonds. The van der Waals surface area contributed by atoms with Crippen molar-refractivity contribution in [3.63, 3.8) is 0 Å². The lowest BCUT2D eigenvalue weighted by Crippen LogP contribution is -2.34. The van der Waals surface area contributed by atoms with Gasteiger partial charge in [0.2, 0.25) is 0 Å². The first-order valence-electron chi connectivity index (χ1n) is 10.5. The smallest absolute Gasteiger partial charge is 0.257 e. The van der Waals surface area contributed by atoms with E-state index in [1.165, 1.54) is 7.11 Å². The van der Waals surface area contributed by atoms with Gasteiger partial charge < -0.3 is 19.1 Å². The zero-order valence-electron chi connectivity index (χ0n) is 18.7. The number of aryl methyl sites for hydroxylation is 3. The highest BCUT2D eigenvalue weighted by Gasteiger charge is 2.31. The molecule has 0 saturated carbocycles. The van der Waals surface area contributed by atoms with E-state index in [1.807, 2.05) is 13.0 Å². The molecule has 170 valence electrons. The monoisotopic (exact) mass is 467 g/mol. The van der Waals surface area contributed by atoms with E-state index in [0.29, 0.717) is 63.2 Å². The Bertz CT molecular complexity index is 1460. The summed E-state index contributed by atoms with van der Waals surface area (Å²) in [5.74, 6) is 0.772. The van der Waals surface area contributed by atoms with Crippen LogP contribution < -0.4 is 10.3 Å². The molecule has 0 atom stereocenters. The minimum atomic E-state index is -0.289. The topological polar surface area (TPSA) is 106 Å². The quantitative estimate of drug-likeness (QED) is 0.491. The summed E-state index contributed by atoms with van der Waals surface area (Å²) >= 11 is 6.88. The van der Waals surface area contributed by atoms with Gasteiger partial charge in [-0.15, -0.1) is 0 Å². The van der Waals surface area contributed by atoms with Crippen molar-refractivity contribution in [2.24, 2.45) is 0 Å². The van der Waals surface area contributed by atoms with E-state index < -0.39 is 0 Å². The van der Waals surface area contributed by atoms with Crippen LogP contribution in [0.4, 0.5) is 0 Å². The number of nitrogens with zero attached hydrogens (tertiary/aromatic N) is 4. The van der Waals surface area contributed by atoms with Crippen molar-refractivity contribution in [1.82, 2.24) is 24.8 Å². The third-order valence-electron chi connectivity index (χ3n) is 6.04. The molecule has 9 nitrogen and oxygen atoms in total. The molecule has 4 heterocycles. The van der Waals surface area contributed by atoms with Gasteiger partial charge in [-0.2, -0.15) is 5.10 Å². The number of benzene rings is 1. The maximum Gasteiger partial charge on any atom is 0.257 e. The zero-order chi connectivity index (χ0) is 23.4. The molecule has 10 heteroatoms. The number of methoxy groups -OCH3 is 1. The predicted molar refractivity (Wildman–Crippen MR) is 123 cm³/mol. The lowest BCUT2D eigenvalue weighted by Gasteiger charge is -2.22. The molecule has 0 bridgehead atoms. The fourth-order valence-electron chi connectivity index (χ4n) is 4.49. The third kappa shape index (κ3) is 3.31. The molecule has 1 N–H and O–H groups in total. The van der Waals surface area contributed by atoms with Gasteiger partial charge in [-0.1, -0.05) is 16.8 Å². The molecule has 1 aliphatic heterocycles. The number of pyridine rings is 1. The Labute approximate surface area is 193 Å². The average Bonchev–Trinajstić information content (AvgIpc) is 3.29. The van der Waals surface area contributed by atoms with Gasteiger partial charge in [-0.05, 0) is 32.9 Å². The third-order valence-corrected chi connectivity index (χ3v) is 6.44. The second-order valence-electron chi connectivity index (χ2n) is 8.17. The summed E-state index contributed by atoms with van der Waals surface area (Å²) in [4.78, 5) is 30.9. The van der Waals surface area contributed by atoms with Gasteiger partial charge in [-0.25, -0.2) is 0 Å². The van der Waals surface area contributed by atoms with Crippen molar-refractivity contribution in [3.8, 4) is 16.9 Å². The average molecular weight is 468 g/mol. The summed E-state index contributed by atoms with van der Waals surface area (Å²) in [6.07, 6.45) is 1.73. The fraction of sp³-hybridized carbons (Fsp3) is 0.304. The summed E-state index contributed by atoms with van der Waals surface area (Å²) in [5.41, 5.74) is 3.89. The van der Waals surface area contributed by atoms with Gasteiger partial charge >= 0.3 is 0 Å². The van der Waals surface area contributed by atoms with E-state index in [0.717, 1.165) is 10.9 Å². The van der Waals surface area contributed by atoms with E-state index in [-0.39, 0.29) is 18.0 Å². The van der Waals surface area contributed by atoms with Crippen LogP contribution in [0.3, 0.4) is 0 Å². The molecule has 0 unspecified atom stereocenters. The van der Waals surface area contributed by atoms with Gasteiger partial charge in [0, 0.05) is 28.8 Å². The van der Waals surface area contributed by atoms with Crippen molar-refractivity contribution in [3.05, 3.63) is 62.0 Å². The molecule has 1 aliphatic rings. The molecule has 0 aliphatic carbocycles. The Hall–Kier alpha value is -3.59. The number of halogens is 1. The largest absolute Gasteiger partial charge is 0.496 e. The predicted octanol–water partition coefficient (Wildman–Crippen LogP) is 3.62. The summed E-state index contributed by atoms with van der Waals surface area (Å²) in [7, 11) is 1.51. The molecule has 4 aromatic rings. The van der Waals surface area contributed by atoms with E-state index in [4.69, 9.17) is 20.9 Å². The Morgan fingerprint density at radius 1 is 1.18 bits per heavy atom. The number of amides is 1. The van der Waals surface area contributed by atoms with Crippen LogP contribution in [0.15, 0.2) is 27.6 Å². The number of ether oxygens (including phenoxy) is 1. The fourth-order valence-corrected chi connectivity index (χ4v) is 4.80. The number of nitrogens with one attached hydrogen (secondary N) is 1. The van der Waals surface area contributed by atoms with Gasteiger partial charge in [0.1, 0.15) is 11.5 Å². The number of hydrogen-bond donors (Lipinski definition) is 1. The van der Waals surface area contributed by atoms with E-state index in [1.54, 1.807) is 35.7 Å². The molecule has 0 saturated heterocycles. The van der Waals surface area contributed by atoms with Crippen LogP contribution in [0, 0.1) is 20.8 Å². The molecule has 0 fully saturated rings. The van der Waals surface area contributed by atoms with Crippen LogP contribution in [0.25, 0.3) is 22.0 Å². The van der Waals surface area contributed by atoms with Crippen LogP contribution in [0.1, 0.15) is 33.1 Å². The van der Waals surface area contributed by atoms with E-state index >= 15 is 0 Å².